The number of rotatable bonds is 3. The van der Waals surface area contributed by atoms with Crippen LogP contribution in [0.5, 0.6) is 0 Å². The van der Waals surface area contributed by atoms with Gasteiger partial charge in [0.25, 0.3) is 0 Å². The normalized spacial score (nSPS) is 22.8. The summed E-state index contributed by atoms with van der Waals surface area (Å²) in [5.41, 5.74) is 7.32. The average Bonchev–Trinajstić information content (AvgIpc) is 2.81. The van der Waals surface area contributed by atoms with Crippen molar-refractivity contribution in [3.8, 4) is 0 Å². The maximum Gasteiger partial charge on any atom is 0.246 e. The summed E-state index contributed by atoms with van der Waals surface area (Å²) in [4.78, 5) is 13.8. The van der Waals surface area contributed by atoms with Crippen molar-refractivity contribution in [2.24, 2.45) is 0 Å². The highest BCUT2D eigenvalue weighted by molar-refractivity contribution is 5.92. The lowest BCUT2D eigenvalue weighted by atomic mass is 10.1. The monoisotopic (exact) mass is 260 g/mol. The van der Waals surface area contributed by atoms with Crippen LogP contribution in [0.4, 0.5) is 5.69 Å². The van der Waals surface area contributed by atoms with E-state index in [4.69, 9.17) is 10.5 Å². The third-order valence-electron chi connectivity index (χ3n) is 3.51. The van der Waals surface area contributed by atoms with Crippen LogP contribution in [0.1, 0.15) is 18.9 Å². The molecule has 0 aliphatic carbocycles. The molecule has 1 aromatic carbocycles. The lowest BCUT2D eigenvalue weighted by Crippen LogP contribution is -2.40. The summed E-state index contributed by atoms with van der Waals surface area (Å²) in [5, 5.41) is 0. The Kier molecular flexibility index (Phi) is 4.22. The summed E-state index contributed by atoms with van der Waals surface area (Å²) < 4.78 is 5.48. The molecular weight excluding hydrogens is 240 g/mol. The molecule has 4 nitrogen and oxygen atoms in total. The molecule has 1 saturated heterocycles. The van der Waals surface area contributed by atoms with Crippen molar-refractivity contribution in [3.63, 3.8) is 0 Å². The molecule has 0 bridgehead atoms. The van der Waals surface area contributed by atoms with Crippen LogP contribution >= 0.6 is 0 Å². The quantitative estimate of drug-likeness (QED) is 0.667. The molecule has 102 valence electrons. The zero-order valence-corrected chi connectivity index (χ0v) is 11.4. The highest BCUT2D eigenvalue weighted by Gasteiger charge is 2.29. The number of ether oxygens (including phenoxy) is 1. The lowest BCUT2D eigenvalue weighted by Gasteiger charge is -2.25. The van der Waals surface area contributed by atoms with E-state index in [2.05, 4.69) is 0 Å². The fourth-order valence-corrected chi connectivity index (χ4v) is 2.34. The number of likely N-dealkylation sites (N-methyl/N-ethyl adjacent to an activating group) is 1. The van der Waals surface area contributed by atoms with Crippen LogP contribution in [-0.2, 0) is 9.53 Å². The Morgan fingerprint density at radius 2 is 2.32 bits per heavy atom. The van der Waals surface area contributed by atoms with E-state index in [1.54, 1.807) is 17.1 Å². The van der Waals surface area contributed by atoms with Gasteiger partial charge in [0.2, 0.25) is 5.91 Å². The van der Waals surface area contributed by atoms with Gasteiger partial charge in [0, 0.05) is 25.4 Å². The van der Waals surface area contributed by atoms with E-state index in [-0.39, 0.29) is 18.1 Å². The first-order chi connectivity index (χ1) is 9.08. The Hall–Kier alpha value is -1.81. The topological polar surface area (TPSA) is 55.6 Å². The predicted molar refractivity (Wildman–Crippen MR) is 76.5 cm³/mol. The van der Waals surface area contributed by atoms with Crippen LogP contribution in [0.3, 0.4) is 0 Å². The van der Waals surface area contributed by atoms with Crippen molar-refractivity contribution in [1.29, 1.82) is 0 Å². The Balaban J connectivity index is 2.00. The van der Waals surface area contributed by atoms with E-state index < -0.39 is 0 Å². The summed E-state index contributed by atoms with van der Waals surface area (Å²) >= 11 is 0. The van der Waals surface area contributed by atoms with Crippen molar-refractivity contribution >= 4 is 17.7 Å². The fourth-order valence-electron chi connectivity index (χ4n) is 2.34. The van der Waals surface area contributed by atoms with Crippen LogP contribution in [0.15, 0.2) is 30.3 Å². The molecule has 2 N–H and O–H groups in total. The van der Waals surface area contributed by atoms with Crippen LogP contribution in [-0.4, -0.2) is 36.6 Å². The van der Waals surface area contributed by atoms with Crippen LogP contribution in [0, 0.1) is 0 Å². The standard InChI is InChI=1S/C15H20N2O2/c1-11-14(8-9-19-11)17(2)15(18)7-6-12-4-3-5-13(16)10-12/h3-7,10-11,14H,8-9,16H2,1-2H3/b7-6+. The van der Waals surface area contributed by atoms with Gasteiger partial charge in [-0.2, -0.15) is 0 Å². The third kappa shape index (κ3) is 3.35. The molecule has 0 saturated carbocycles. The molecule has 2 unspecified atom stereocenters. The number of nitrogens with zero attached hydrogens (tertiary/aromatic N) is 1. The number of amides is 1. The summed E-state index contributed by atoms with van der Waals surface area (Å²) in [5.74, 6) is -0.00947. The van der Waals surface area contributed by atoms with Crippen LogP contribution in [0.2, 0.25) is 0 Å². The number of hydrogen-bond acceptors (Lipinski definition) is 3. The van der Waals surface area contributed by atoms with E-state index in [0.717, 1.165) is 18.6 Å². The van der Waals surface area contributed by atoms with Crippen molar-refractivity contribution in [3.05, 3.63) is 35.9 Å². The first-order valence-corrected chi connectivity index (χ1v) is 6.50. The summed E-state index contributed by atoms with van der Waals surface area (Å²) in [6.45, 7) is 2.73. The summed E-state index contributed by atoms with van der Waals surface area (Å²) in [7, 11) is 1.82. The zero-order chi connectivity index (χ0) is 13.8. The third-order valence-corrected chi connectivity index (χ3v) is 3.51. The number of carbonyl (C=O) groups is 1. The first-order valence-electron chi connectivity index (χ1n) is 6.50. The smallest absolute Gasteiger partial charge is 0.246 e. The molecule has 1 aromatic rings. The average molecular weight is 260 g/mol. The van der Waals surface area contributed by atoms with Gasteiger partial charge in [0.05, 0.1) is 12.1 Å². The maximum atomic E-state index is 12.1. The van der Waals surface area contributed by atoms with Crippen LogP contribution < -0.4 is 5.73 Å². The minimum absolute atomic E-state index is 0.00947. The van der Waals surface area contributed by atoms with Gasteiger partial charge < -0.3 is 15.4 Å². The van der Waals surface area contributed by atoms with Crippen molar-refractivity contribution in [2.75, 3.05) is 19.4 Å². The van der Waals surface area contributed by atoms with E-state index in [1.165, 1.54) is 0 Å². The van der Waals surface area contributed by atoms with E-state index >= 15 is 0 Å². The molecule has 0 spiro atoms. The van der Waals surface area contributed by atoms with E-state index in [1.807, 2.05) is 38.2 Å². The Bertz CT molecular complexity index is 485. The molecule has 1 aliphatic rings. The molecule has 0 aromatic heterocycles. The van der Waals surface area contributed by atoms with Crippen molar-refractivity contribution < 1.29 is 9.53 Å². The van der Waals surface area contributed by atoms with Gasteiger partial charge in [0.15, 0.2) is 0 Å². The molecular formula is C15H20N2O2. The molecule has 0 radical (unpaired) electrons. The van der Waals surface area contributed by atoms with Gasteiger partial charge in [-0.3, -0.25) is 4.79 Å². The largest absolute Gasteiger partial charge is 0.399 e. The van der Waals surface area contributed by atoms with Crippen molar-refractivity contribution in [1.82, 2.24) is 4.90 Å². The molecule has 19 heavy (non-hydrogen) atoms. The first kappa shape index (κ1) is 13.6. The second-order valence-electron chi connectivity index (χ2n) is 4.88. The SMILES string of the molecule is CC1OCCC1N(C)C(=O)/C=C/c1cccc(N)c1. The number of carbonyl (C=O) groups excluding carboxylic acids is 1. The van der Waals surface area contributed by atoms with E-state index in [0.29, 0.717) is 5.69 Å². The molecule has 4 heteroatoms. The predicted octanol–water partition coefficient (Wildman–Crippen LogP) is 1.92. The Morgan fingerprint density at radius 3 is 2.95 bits per heavy atom. The second kappa shape index (κ2) is 5.89. The molecule has 1 fully saturated rings. The van der Waals surface area contributed by atoms with Gasteiger partial charge in [-0.25, -0.2) is 0 Å². The van der Waals surface area contributed by atoms with Gasteiger partial charge in [-0.1, -0.05) is 12.1 Å². The highest BCUT2D eigenvalue weighted by Crippen LogP contribution is 2.18. The van der Waals surface area contributed by atoms with Gasteiger partial charge in [0.1, 0.15) is 0 Å². The van der Waals surface area contributed by atoms with Gasteiger partial charge in [-0.15, -0.1) is 0 Å². The number of anilines is 1. The number of nitrogen functional groups attached to an aromatic ring is 1. The minimum Gasteiger partial charge on any atom is -0.399 e. The minimum atomic E-state index is -0.00947. The number of nitrogens with two attached hydrogens (primary N) is 1. The Morgan fingerprint density at radius 1 is 1.53 bits per heavy atom. The fraction of sp³-hybridized carbons (Fsp3) is 0.400. The molecule has 1 amide bonds. The number of hydrogen-bond donors (Lipinski definition) is 1. The van der Waals surface area contributed by atoms with Crippen LogP contribution in [0.25, 0.3) is 6.08 Å². The number of benzene rings is 1. The lowest BCUT2D eigenvalue weighted by molar-refractivity contribution is -0.127. The summed E-state index contributed by atoms with van der Waals surface area (Å²) in [6.07, 6.45) is 4.38. The second-order valence-corrected chi connectivity index (χ2v) is 4.88. The molecule has 2 rings (SSSR count). The molecule has 2 atom stereocenters. The van der Waals surface area contributed by atoms with Crippen molar-refractivity contribution in [2.45, 2.75) is 25.5 Å². The summed E-state index contributed by atoms with van der Waals surface area (Å²) in [6, 6.07) is 7.61. The highest BCUT2D eigenvalue weighted by atomic mass is 16.5. The van der Waals surface area contributed by atoms with Gasteiger partial charge >= 0.3 is 0 Å². The van der Waals surface area contributed by atoms with E-state index in [9.17, 15) is 4.79 Å². The zero-order valence-electron chi connectivity index (χ0n) is 11.4. The maximum absolute atomic E-state index is 12.1. The Labute approximate surface area is 113 Å². The molecule has 1 heterocycles. The molecule has 1 aliphatic heterocycles. The van der Waals surface area contributed by atoms with Gasteiger partial charge in [-0.05, 0) is 37.1 Å².